The number of nitrogens with one attached hydrogen (secondary N) is 1. The van der Waals surface area contributed by atoms with Crippen LogP contribution in [0.15, 0.2) is 12.7 Å². The summed E-state index contributed by atoms with van der Waals surface area (Å²) in [7, 11) is 1.67. The van der Waals surface area contributed by atoms with Gasteiger partial charge in [-0.1, -0.05) is 6.58 Å². The summed E-state index contributed by atoms with van der Waals surface area (Å²) >= 11 is 0. The van der Waals surface area contributed by atoms with Gasteiger partial charge in [0.2, 0.25) is 5.91 Å². The van der Waals surface area contributed by atoms with E-state index in [-0.39, 0.29) is 24.2 Å². The van der Waals surface area contributed by atoms with E-state index in [9.17, 15) is 4.79 Å². The quantitative estimate of drug-likeness (QED) is 0.153. The van der Waals surface area contributed by atoms with Crippen LogP contribution < -0.4 is 5.32 Å². The number of carbonyl (C=O) groups excluding carboxylic acids is 1. The van der Waals surface area contributed by atoms with E-state index in [1.54, 1.807) is 7.11 Å². The Labute approximate surface area is 199 Å². The molecular formula is C23H45NO9. The van der Waals surface area contributed by atoms with Gasteiger partial charge in [0.15, 0.2) is 0 Å². The summed E-state index contributed by atoms with van der Waals surface area (Å²) in [6.45, 7) is 15.7. The lowest BCUT2D eigenvalue weighted by atomic mass is 10.4. The molecule has 0 spiro atoms. The zero-order chi connectivity index (χ0) is 24.6. The number of carbonyl (C=O) groups is 1. The third-order valence-electron chi connectivity index (χ3n) is 4.20. The first kappa shape index (κ1) is 31.9. The van der Waals surface area contributed by atoms with Crippen LogP contribution in [0.2, 0.25) is 0 Å². The van der Waals surface area contributed by atoms with Crippen molar-refractivity contribution >= 4 is 5.91 Å². The molecular weight excluding hydrogens is 434 g/mol. The lowest BCUT2D eigenvalue weighted by Crippen LogP contribution is -2.26. The van der Waals surface area contributed by atoms with Gasteiger partial charge in [-0.3, -0.25) is 4.79 Å². The molecule has 196 valence electrons. The number of hydrogen-bond donors (Lipinski definition) is 1. The molecule has 0 heterocycles. The molecule has 10 heteroatoms. The predicted molar refractivity (Wildman–Crippen MR) is 125 cm³/mol. The maximum atomic E-state index is 10.9. The van der Waals surface area contributed by atoms with Crippen LogP contribution in [0.4, 0.5) is 0 Å². The third-order valence-corrected chi connectivity index (χ3v) is 4.20. The van der Waals surface area contributed by atoms with E-state index in [2.05, 4.69) is 11.9 Å². The largest absolute Gasteiger partial charge is 0.379 e. The fraction of sp³-hybridized carbons (Fsp3) is 0.870. The summed E-state index contributed by atoms with van der Waals surface area (Å²) in [5.74, 6) is -0.205. The topological polar surface area (TPSA) is 103 Å². The minimum atomic E-state index is -0.205. The van der Waals surface area contributed by atoms with Gasteiger partial charge < -0.3 is 43.2 Å². The van der Waals surface area contributed by atoms with Crippen LogP contribution in [-0.4, -0.2) is 117 Å². The van der Waals surface area contributed by atoms with Crippen molar-refractivity contribution in [2.24, 2.45) is 0 Å². The van der Waals surface area contributed by atoms with Crippen molar-refractivity contribution in [2.45, 2.75) is 39.1 Å². The average Bonchev–Trinajstić information content (AvgIpc) is 2.82. The number of rotatable bonds is 25. The first-order chi connectivity index (χ1) is 16.0. The van der Waals surface area contributed by atoms with Gasteiger partial charge in [0.1, 0.15) is 0 Å². The maximum Gasteiger partial charge on any atom is 0.243 e. The highest BCUT2D eigenvalue weighted by molar-refractivity contribution is 5.86. The molecule has 1 amide bonds. The zero-order valence-electron chi connectivity index (χ0n) is 20.9. The highest BCUT2D eigenvalue weighted by Crippen LogP contribution is 2.00. The number of ether oxygens (including phenoxy) is 8. The monoisotopic (exact) mass is 479 g/mol. The summed E-state index contributed by atoms with van der Waals surface area (Å²) in [6.07, 6.45) is 1.30. The van der Waals surface area contributed by atoms with Crippen molar-refractivity contribution in [2.75, 3.05) is 92.9 Å². The summed E-state index contributed by atoms with van der Waals surface area (Å²) in [4.78, 5) is 10.9. The Bertz CT molecular complexity index is 454. The van der Waals surface area contributed by atoms with Crippen LogP contribution in [0.5, 0.6) is 0 Å². The van der Waals surface area contributed by atoms with Gasteiger partial charge in [-0.25, -0.2) is 0 Å². The Kier molecular flexibility index (Phi) is 23.2. The molecule has 0 aliphatic rings. The number of hydrogen-bond acceptors (Lipinski definition) is 9. The molecule has 1 N–H and O–H groups in total. The highest BCUT2D eigenvalue weighted by atomic mass is 16.6. The van der Waals surface area contributed by atoms with E-state index in [1.165, 1.54) is 6.08 Å². The minimum Gasteiger partial charge on any atom is -0.379 e. The smallest absolute Gasteiger partial charge is 0.243 e. The van der Waals surface area contributed by atoms with Gasteiger partial charge in [-0.2, -0.15) is 0 Å². The summed E-state index contributed by atoms with van der Waals surface area (Å²) in [6, 6.07) is 0. The van der Waals surface area contributed by atoms with Gasteiger partial charge >= 0.3 is 0 Å². The van der Waals surface area contributed by atoms with Crippen LogP contribution >= 0.6 is 0 Å². The molecule has 3 atom stereocenters. The van der Waals surface area contributed by atoms with E-state index >= 15 is 0 Å². The molecule has 0 fully saturated rings. The second kappa shape index (κ2) is 24.0. The average molecular weight is 480 g/mol. The van der Waals surface area contributed by atoms with Gasteiger partial charge in [-0.05, 0) is 26.8 Å². The van der Waals surface area contributed by atoms with Gasteiger partial charge in [0.25, 0.3) is 0 Å². The molecule has 0 saturated carbocycles. The lowest BCUT2D eigenvalue weighted by molar-refractivity contribution is -0.116. The van der Waals surface area contributed by atoms with Crippen molar-refractivity contribution in [1.82, 2.24) is 5.32 Å². The second-order valence-electron chi connectivity index (χ2n) is 7.35. The van der Waals surface area contributed by atoms with Crippen LogP contribution in [0.25, 0.3) is 0 Å². The molecule has 0 aromatic rings. The zero-order valence-corrected chi connectivity index (χ0v) is 20.9. The molecule has 0 aliphatic carbocycles. The van der Waals surface area contributed by atoms with Crippen molar-refractivity contribution < 1.29 is 42.7 Å². The summed E-state index contributed by atoms with van der Waals surface area (Å²) in [5.41, 5.74) is 0. The van der Waals surface area contributed by atoms with Gasteiger partial charge in [0.05, 0.1) is 97.6 Å². The van der Waals surface area contributed by atoms with E-state index in [0.29, 0.717) is 85.8 Å². The van der Waals surface area contributed by atoms with Crippen LogP contribution in [0, 0.1) is 0 Å². The molecule has 0 aromatic carbocycles. The summed E-state index contributed by atoms with van der Waals surface area (Å²) in [5, 5.41) is 2.63. The second-order valence-corrected chi connectivity index (χ2v) is 7.35. The molecule has 0 radical (unpaired) electrons. The van der Waals surface area contributed by atoms with Crippen LogP contribution in [0.1, 0.15) is 20.8 Å². The number of methoxy groups -OCH3 is 1. The first-order valence-electron chi connectivity index (χ1n) is 11.5. The molecule has 33 heavy (non-hydrogen) atoms. The lowest BCUT2D eigenvalue weighted by Gasteiger charge is -2.19. The predicted octanol–water partition coefficient (Wildman–Crippen LogP) is 1.22. The van der Waals surface area contributed by atoms with Gasteiger partial charge in [0, 0.05) is 13.7 Å². The SMILES string of the molecule is C=CC(=O)NCCOCCOCCOCCOCCOCC(C)OCC(C)OCC(C)OC. The van der Waals surface area contributed by atoms with Crippen molar-refractivity contribution in [1.29, 1.82) is 0 Å². The fourth-order valence-electron chi connectivity index (χ4n) is 2.21. The molecule has 10 nitrogen and oxygen atoms in total. The maximum absolute atomic E-state index is 10.9. The van der Waals surface area contributed by atoms with Crippen molar-refractivity contribution in [3.63, 3.8) is 0 Å². The normalized spacial score (nSPS) is 14.1. The Morgan fingerprint density at radius 1 is 0.697 bits per heavy atom. The van der Waals surface area contributed by atoms with Crippen LogP contribution in [-0.2, 0) is 42.7 Å². The van der Waals surface area contributed by atoms with Crippen molar-refractivity contribution in [3.8, 4) is 0 Å². The van der Waals surface area contributed by atoms with E-state index in [0.717, 1.165) is 0 Å². The number of amides is 1. The standard InChI is InChI=1S/C23H45NO9/c1-6-23(25)24-7-8-27-9-10-28-11-12-29-13-14-30-15-16-31-17-21(3)33-19-22(4)32-18-20(2)26-5/h6,20-22H,1,7-19H2,2-5H3,(H,24,25). The van der Waals surface area contributed by atoms with Crippen molar-refractivity contribution in [3.05, 3.63) is 12.7 Å². The molecule has 0 aromatic heterocycles. The molecule has 3 unspecified atom stereocenters. The van der Waals surface area contributed by atoms with Gasteiger partial charge in [-0.15, -0.1) is 0 Å². The van der Waals surface area contributed by atoms with E-state index in [1.807, 2.05) is 20.8 Å². The van der Waals surface area contributed by atoms with E-state index in [4.69, 9.17) is 37.9 Å². The first-order valence-corrected chi connectivity index (χ1v) is 11.5. The Morgan fingerprint density at radius 2 is 1.12 bits per heavy atom. The Balaban J connectivity index is 3.26. The fourth-order valence-corrected chi connectivity index (χ4v) is 2.21. The molecule has 0 rings (SSSR count). The van der Waals surface area contributed by atoms with Crippen LogP contribution in [0.3, 0.4) is 0 Å². The summed E-state index contributed by atoms with van der Waals surface area (Å²) < 4.78 is 43.7. The molecule has 0 bridgehead atoms. The Morgan fingerprint density at radius 3 is 1.61 bits per heavy atom. The molecule has 0 aliphatic heterocycles. The molecule has 0 saturated heterocycles. The van der Waals surface area contributed by atoms with E-state index < -0.39 is 0 Å². The highest BCUT2D eigenvalue weighted by Gasteiger charge is 2.09. The third kappa shape index (κ3) is 23.8. The Hall–Kier alpha value is -1.11. The minimum absolute atomic E-state index is 0.00940.